The van der Waals surface area contributed by atoms with Gasteiger partial charge < -0.3 is 46.7 Å². The van der Waals surface area contributed by atoms with Crippen molar-refractivity contribution in [2.75, 3.05) is 39.3 Å². The van der Waals surface area contributed by atoms with E-state index in [-0.39, 0.29) is 63.4 Å². The van der Waals surface area contributed by atoms with Crippen LogP contribution in [0.3, 0.4) is 0 Å². The molecular weight excluding hydrogens is 619 g/mol. The van der Waals surface area contributed by atoms with Gasteiger partial charge in [0.05, 0.1) is 42.2 Å². The molecule has 0 saturated carbocycles. The van der Waals surface area contributed by atoms with Crippen LogP contribution in [0.4, 0.5) is 0 Å². The number of hydrogen-bond donors (Lipinski definition) is 7. The van der Waals surface area contributed by atoms with Gasteiger partial charge in [0, 0.05) is 91.7 Å². The van der Waals surface area contributed by atoms with Gasteiger partial charge in [0.25, 0.3) is 0 Å². The molecule has 0 aromatic carbocycles. The van der Waals surface area contributed by atoms with Crippen LogP contribution in [0.15, 0.2) is 0 Å². The van der Waals surface area contributed by atoms with Gasteiger partial charge in [-0.15, -0.1) is 0 Å². The molecule has 0 aliphatic carbocycles. The molecule has 0 unspecified atom stereocenters. The number of aliphatic hydroxyl groups excluding tert-OH is 6. The molecule has 0 aliphatic rings. The Morgan fingerprint density at radius 1 is 0.457 bits per heavy atom. The fraction of sp³-hybridized carbons (Fsp3) is 1.00. The topological polar surface area (TPSA) is 211 Å². The Bertz CT molecular complexity index is 316. The van der Waals surface area contributed by atoms with Gasteiger partial charge >= 0.3 is 0 Å². The Morgan fingerprint density at radius 3 is 0.600 bits per heavy atom. The summed E-state index contributed by atoms with van der Waals surface area (Å²) in [6.45, 7) is 18.3. The molecule has 6 atom stereocenters. The summed E-state index contributed by atoms with van der Waals surface area (Å²) >= 11 is 0. The van der Waals surface area contributed by atoms with E-state index < -0.39 is 42.2 Å². The van der Waals surface area contributed by atoms with Crippen LogP contribution in [-0.4, -0.2) is 138 Å². The molecule has 0 aliphatic heterocycles. The molecule has 0 rings (SSSR count). The van der Waals surface area contributed by atoms with Crippen molar-refractivity contribution in [2.45, 2.75) is 105 Å². The predicted molar refractivity (Wildman–Crippen MR) is 132 cm³/mol. The Hall–Kier alpha value is 1.33. The molecule has 13 heteroatoms. The van der Waals surface area contributed by atoms with Crippen LogP contribution in [-0.2, 0) is 52.4 Å². The zero-order valence-corrected chi connectivity index (χ0v) is 28.1. The molecular formula is C22H56N2O9Zr2. The molecule has 0 amide bonds. The van der Waals surface area contributed by atoms with Crippen molar-refractivity contribution in [2.24, 2.45) is 0 Å². The van der Waals surface area contributed by atoms with Crippen molar-refractivity contribution in [3.8, 4) is 0 Å². The van der Waals surface area contributed by atoms with Gasteiger partial charge in [-0.3, -0.25) is 9.80 Å². The van der Waals surface area contributed by atoms with E-state index in [1.807, 2.05) is 9.80 Å². The molecule has 0 bridgehead atoms. The maximum Gasteiger partial charge on any atom is 0.0639 e. The molecule has 11 nitrogen and oxygen atoms in total. The van der Waals surface area contributed by atoms with E-state index in [0.29, 0.717) is 39.3 Å². The molecule has 0 saturated heterocycles. The van der Waals surface area contributed by atoms with Gasteiger partial charge in [-0.25, -0.2) is 0 Å². The van der Waals surface area contributed by atoms with Crippen molar-refractivity contribution in [1.82, 2.24) is 9.80 Å². The SMILES string of the molecule is CC(C)(C)O.C[C@H](O)CN(C[C@H](C)O)C[C@@H](C)O.C[C@H](O)CN(C[C@H](C)O)C[C@@H](C)O.O.O.[Zr].[Zr]. The second kappa shape index (κ2) is 29.9. The summed E-state index contributed by atoms with van der Waals surface area (Å²) in [7, 11) is 0. The standard InChI is InChI=1S/2C9H21NO3.C4H10O.2H2O.2Zr/c2*1-7(11)4-10(5-8(2)12)6-9(3)13;1-4(2,3)5;;;;/h2*7-9,11-13H,4-6H2,1-3H3;5H,1-3H3;2*1H2;;/t2*7-,8-,9+;;;;;/m00...../s1. The van der Waals surface area contributed by atoms with Gasteiger partial charge in [-0.05, 0) is 62.3 Å². The van der Waals surface area contributed by atoms with E-state index in [0.717, 1.165) is 0 Å². The van der Waals surface area contributed by atoms with Crippen LogP contribution in [0.5, 0.6) is 0 Å². The summed E-state index contributed by atoms with van der Waals surface area (Å²) in [6, 6.07) is 0. The van der Waals surface area contributed by atoms with Gasteiger partial charge in [0.2, 0.25) is 0 Å². The average molecular weight is 675 g/mol. The van der Waals surface area contributed by atoms with Crippen molar-refractivity contribution in [1.29, 1.82) is 0 Å². The first kappa shape index (κ1) is 52.7. The summed E-state index contributed by atoms with van der Waals surface area (Å²) in [5.41, 5.74) is -0.500. The largest absolute Gasteiger partial charge is 0.412 e. The maximum absolute atomic E-state index is 9.14. The molecule has 0 aromatic rings. The summed E-state index contributed by atoms with van der Waals surface area (Å²) in [4.78, 5) is 3.69. The van der Waals surface area contributed by atoms with E-state index in [1.54, 1.807) is 62.3 Å². The quantitative estimate of drug-likeness (QED) is 0.122. The van der Waals surface area contributed by atoms with E-state index in [1.165, 1.54) is 0 Å². The van der Waals surface area contributed by atoms with E-state index in [4.69, 9.17) is 35.7 Å². The third-order valence-electron chi connectivity index (χ3n) is 3.13. The van der Waals surface area contributed by atoms with Crippen LogP contribution in [0.2, 0.25) is 0 Å². The van der Waals surface area contributed by atoms with Crippen LogP contribution in [0, 0.1) is 0 Å². The monoisotopic (exact) mass is 672 g/mol. The first-order valence-electron chi connectivity index (χ1n) is 11.1. The van der Waals surface area contributed by atoms with Gasteiger partial charge in [-0.2, -0.15) is 0 Å². The minimum atomic E-state index is -0.500. The molecule has 11 N–H and O–H groups in total. The Balaban J connectivity index is -0.0000000686. The van der Waals surface area contributed by atoms with E-state index in [2.05, 4.69) is 0 Å². The van der Waals surface area contributed by atoms with E-state index >= 15 is 0 Å². The zero-order chi connectivity index (χ0) is 25.4. The number of rotatable bonds is 12. The molecule has 0 heterocycles. The van der Waals surface area contributed by atoms with Crippen LogP contribution >= 0.6 is 0 Å². The zero-order valence-electron chi connectivity index (χ0n) is 23.2. The Kier molecular flexibility index (Phi) is 45.0. The normalized spacial score (nSPS) is 15.6. The summed E-state index contributed by atoms with van der Waals surface area (Å²) in [6.07, 6.45) is -2.60. The second-order valence-corrected chi connectivity index (χ2v) is 9.70. The second-order valence-electron chi connectivity index (χ2n) is 9.70. The van der Waals surface area contributed by atoms with Crippen LogP contribution in [0.1, 0.15) is 62.3 Å². The minimum Gasteiger partial charge on any atom is -0.412 e. The molecule has 0 aromatic heterocycles. The van der Waals surface area contributed by atoms with Crippen LogP contribution < -0.4 is 0 Å². The molecule has 0 fully saturated rings. The number of hydrogen-bond acceptors (Lipinski definition) is 9. The van der Waals surface area contributed by atoms with E-state index in [9.17, 15) is 0 Å². The van der Waals surface area contributed by atoms with Crippen LogP contribution in [0.25, 0.3) is 0 Å². The number of nitrogens with zero attached hydrogens (tertiary/aromatic N) is 2. The summed E-state index contributed by atoms with van der Waals surface area (Å²) in [5, 5.41) is 63.4. The molecule has 0 spiro atoms. The fourth-order valence-corrected chi connectivity index (χ4v) is 2.69. The third-order valence-corrected chi connectivity index (χ3v) is 3.13. The van der Waals surface area contributed by atoms with Crippen molar-refractivity contribution in [3.63, 3.8) is 0 Å². The summed E-state index contributed by atoms with van der Waals surface area (Å²) < 4.78 is 0. The van der Waals surface area contributed by atoms with Crippen molar-refractivity contribution in [3.05, 3.63) is 0 Å². The minimum absolute atomic E-state index is 0. The first-order chi connectivity index (χ1) is 13.8. The van der Waals surface area contributed by atoms with Crippen molar-refractivity contribution < 1.29 is 99.1 Å². The smallest absolute Gasteiger partial charge is 0.0639 e. The first-order valence-corrected chi connectivity index (χ1v) is 11.1. The van der Waals surface area contributed by atoms with Gasteiger partial charge in [0.15, 0.2) is 0 Å². The fourth-order valence-electron chi connectivity index (χ4n) is 2.69. The Morgan fingerprint density at radius 2 is 0.543 bits per heavy atom. The summed E-state index contributed by atoms with van der Waals surface area (Å²) in [5.74, 6) is 0. The Labute approximate surface area is 251 Å². The molecule has 216 valence electrons. The average Bonchev–Trinajstić information content (AvgIpc) is 2.40. The maximum atomic E-state index is 9.14. The number of aliphatic hydroxyl groups is 7. The van der Waals surface area contributed by atoms with Gasteiger partial charge in [-0.1, -0.05) is 0 Å². The molecule has 0 radical (unpaired) electrons. The molecule has 35 heavy (non-hydrogen) atoms. The third kappa shape index (κ3) is 61.2. The van der Waals surface area contributed by atoms with Gasteiger partial charge in [0.1, 0.15) is 0 Å². The predicted octanol–water partition coefficient (Wildman–Crippen LogP) is -2.02. The van der Waals surface area contributed by atoms with Crippen molar-refractivity contribution >= 4 is 0 Å².